The van der Waals surface area contributed by atoms with E-state index in [1.54, 1.807) is 6.07 Å². The number of hydrogen-bond donors (Lipinski definition) is 2. The molecule has 0 heterocycles. The molecule has 0 radical (unpaired) electrons. The highest BCUT2D eigenvalue weighted by Crippen LogP contribution is 2.63. The average Bonchev–Trinajstić information content (AvgIpc) is 3.02. The number of phosphoric ester groups is 1. The fourth-order valence-corrected chi connectivity index (χ4v) is 7.60. The van der Waals surface area contributed by atoms with Gasteiger partial charge in [0.1, 0.15) is 11.9 Å². The molecule has 0 amide bonds. The number of carbonyl (C=O) groups is 1. The van der Waals surface area contributed by atoms with Gasteiger partial charge in [-0.3, -0.25) is 19.5 Å². The quantitative estimate of drug-likeness (QED) is 0.439. The molecule has 0 aromatic heterocycles. The van der Waals surface area contributed by atoms with Crippen molar-refractivity contribution >= 4 is 13.8 Å². The summed E-state index contributed by atoms with van der Waals surface area (Å²) in [5.74, 6) is 2.12. The van der Waals surface area contributed by atoms with Gasteiger partial charge in [-0.15, -0.1) is 0 Å². The van der Waals surface area contributed by atoms with Crippen molar-refractivity contribution in [3.05, 3.63) is 29.3 Å². The van der Waals surface area contributed by atoms with Crippen LogP contribution in [-0.4, -0.2) is 47.4 Å². The lowest BCUT2D eigenvalue weighted by Crippen LogP contribution is -2.48. The van der Waals surface area contributed by atoms with Crippen molar-refractivity contribution in [2.75, 3.05) is 20.6 Å². The lowest BCUT2D eigenvalue weighted by atomic mass is 9.52. The van der Waals surface area contributed by atoms with Crippen molar-refractivity contribution in [3.8, 4) is 5.75 Å². The van der Waals surface area contributed by atoms with Gasteiger partial charge in [-0.05, 0) is 93.1 Å². The zero-order chi connectivity index (χ0) is 24.0. The van der Waals surface area contributed by atoms with Crippen LogP contribution in [0, 0.1) is 23.2 Å². The van der Waals surface area contributed by atoms with Crippen LogP contribution in [0.2, 0.25) is 0 Å². The Morgan fingerprint density at radius 2 is 2.00 bits per heavy atom. The Balaban J connectivity index is 1.60. The van der Waals surface area contributed by atoms with Gasteiger partial charge in [0.2, 0.25) is 0 Å². The first-order valence-corrected chi connectivity index (χ1v) is 13.8. The maximum atomic E-state index is 12.4. The molecule has 0 saturated heterocycles. The van der Waals surface area contributed by atoms with Crippen LogP contribution in [0.1, 0.15) is 69.4 Å². The molecule has 0 unspecified atom stereocenters. The minimum Gasteiger partial charge on any atom is -0.461 e. The molecule has 33 heavy (non-hydrogen) atoms. The van der Waals surface area contributed by atoms with Gasteiger partial charge in [-0.25, -0.2) is 4.57 Å². The van der Waals surface area contributed by atoms with Crippen LogP contribution < -0.4 is 4.52 Å². The number of nitrogens with zero attached hydrogens (tertiary/aromatic N) is 1. The number of likely N-dealkylation sites (N-methyl/N-ethyl adjacent to an activating group) is 1. The summed E-state index contributed by atoms with van der Waals surface area (Å²) in [6.45, 7) is 4.87. The summed E-state index contributed by atoms with van der Waals surface area (Å²) in [5, 5.41) is 0. The Morgan fingerprint density at radius 1 is 1.24 bits per heavy atom. The Bertz CT molecular complexity index is 929. The Kier molecular flexibility index (Phi) is 6.99. The Labute approximate surface area is 197 Å². The molecule has 2 N–H and O–H groups in total. The molecule has 4 rings (SSSR count). The third-order valence-electron chi connectivity index (χ3n) is 8.39. The van der Waals surface area contributed by atoms with E-state index in [0.29, 0.717) is 30.2 Å². The molecule has 2 fully saturated rings. The van der Waals surface area contributed by atoms with Gasteiger partial charge in [-0.2, -0.15) is 0 Å². The second kappa shape index (κ2) is 9.33. The first kappa shape index (κ1) is 24.7. The third-order valence-corrected chi connectivity index (χ3v) is 8.84. The number of rotatable bonds is 7. The van der Waals surface area contributed by atoms with E-state index in [4.69, 9.17) is 9.26 Å². The molecule has 0 bridgehead atoms. The van der Waals surface area contributed by atoms with Crippen molar-refractivity contribution in [2.45, 2.75) is 70.8 Å². The van der Waals surface area contributed by atoms with E-state index < -0.39 is 7.82 Å². The maximum Gasteiger partial charge on any atom is 0.524 e. The van der Waals surface area contributed by atoms with Crippen LogP contribution in [-0.2, 0) is 20.5 Å². The molecule has 3 aliphatic carbocycles. The molecule has 1 aromatic rings. The fourth-order valence-electron chi connectivity index (χ4n) is 7.21. The van der Waals surface area contributed by atoms with Gasteiger partial charge in [0, 0.05) is 5.41 Å². The predicted octanol–water partition coefficient (Wildman–Crippen LogP) is 4.51. The summed E-state index contributed by atoms with van der Waals surface area (Å²) < 4.78 is 22.2. The molecule has 184 valence electrons. The molecular weight excluding hydrogens is 441 g/mol. The summed E-state index contributed by atoms with van der Waals surface area (Å²) in [7, 11) is -0.805. The van der Waals surface area contributed by atoms with Crippen LogP contribution in [0.4, 0.5) is 0 Å². The molecule has 6 atom stereocenters. The number of benzene rings is 1. The summed E-state index contributed by atoms with van der Waals surface area (Å²) in [4.78, 5) is 32.7. The van der Waals surface area contributed by atoms with Crippen molar-refractivity contribution in [2.24, 2.45) is 23.2 Å². The summed E-state index contributed by atoms with van der Waals surface area (Å²) >= 11 is 0. The van der Waals surface area contributed by atoms with Gasteiger partial charge in [0.15, 0.2) is 0 Å². The highest BCUT2D eigenvalue weighted by molar-refractivity contribution is 7.46. The molecule has 0 spiro atoms. The normalized spacial score (nSPS) is 33.2. The van der Waals surface area contributed by atoms with Crippen LogP contribution >= 0.6 is 7.82 Å². The highest BCUT2D eigenvalue weighted by atomic mass is 31.2. The first-order chi connectivity index (χ1) is 15.5. The van der Waals surface area contributed by atoms with Gasteiger partial charge in [-0.1, -0.05) is 32.8 Å². The number of ether oxygens (including phenoxy) is 1. The monoisotopic (exact) mass is 479 g/mol. The molecule has 3 aliphatic rings. The lowest BCUT2D eigenvalue weighted by Gasteiger charge is -2.53. The smallest absolute Gasteiger partial charge is 0.461 e. The minimum absolute atomic E-state index is 0.0100. The lowest BCUT2D eigenvalue weighted by molar-refractivity contribution is -0.158. The number of carbonyl (C=O) groups excluding carboxylic acids is 1. The van der Waals surface area contributed by atoms with E-state index in [1.807, 2.05) is 31.1 Å². The summed E-state index contributed by atoms with van der Waals surface area (Å²) in [6, 6.07) is 5.55. The van der Waals surface area contributed by atoms with E-state index in [1.165, 1.54) is 5.56 Å². The molecule has 8 heteroatoms. The SMILES string of the molecule is CCC[C@@H]1Cc2cc(OP(=O)(O)O)ccc2[C@H]2CC[C@]3(C)[C@@H](OC(=O)CN(C)C)CC[C@H]3[C@H]12. The number of fused-ring (bicyclic) bond motifs is 5. The Morgan fingerprint density at radius 3 is 2.67 bits per heavy atom. The van der Waals surface area contributed by atoms with E-state index in [2.05, 4.69) is 13.8 Å². The van der Waals surface area contributed by atoms with Gasteiger partial charge in [0.25, 0.3) is 0 Å². The number of phosphoric acid groups is 1. The summed E-state index contributed by atoms with van der Waals surface area (Å²) in [6.07, 6.45) is 7.22. The predicted molar refractivity (Wildman–Crippen MR) is 126 cm³/mol. The van der Waals surface area contributed by atoms with Gasteiger partial charge < -0.3 is 9.26 Å². The van der Waals surface area contributed by atoms with E-state index in [-0.39, 0.29) is 23.2 Å². The largest absolute Gasteiger partial charge is 0.524 e. The molecule has 7 nitrogen and oxygen atoms in total. The maximum absolute atomic E-state index is 12.4. The molecule has 1 aromatic carbocycles. The van der Waals surface area contributed by atoms with Gasteiger partial charge >= 0.3 is 13.8 Å². The van der Waals surface area contributed by atoms with Crippen LogP contribution in [0.25, 0.3) is 0 Å². The first-order valence-electron chi connectivity index (χ1n) is 12.2. The summed E-state index contributed by atoms with van der Waals surface area (Å²) in [5.41, 5.74) is 2.48. The van der Waals surface area contributed by atoms with E-state index >= 15 is 0 Å². The van der Waals surface area contributed by atoms with Crippen LogP contribution in [0.15, 0.2) is 18.2 Å². The van der Waals surface area contributed by atoms with Crippen molar-refractivity contribution in [3.63, 3.8) is 0 Å². The second-order valence-electron chi connectivity index (χ2n) is 10.8. The molecule has 0 aliphatic heterocycles. The number of hydrogen-bond acceptors (Lipinski definition) is 5. The Hall–Kier alpha value is -1.40. The molecular formula is C25H38NO6P. The highest BCUT2D eigenvalue weighted by Gasteiger charge is 2.58. The van der Waals surface area contributed by atoms with Gasteiger partial charge in [0.05, 0.1) is 6.54 Å². The number of esters is 1. The average molecular weight is 480 g/mol. The minimum atomic E-state index is -4.58. The standard InChI is InChI=1S/C25H38NO6P/c1-5-6-16-13-17-14-18(32-33(28,29)30)7-8-19(17)20-11-12-25(2)21(24(16)20)9-10-22(25)31-23(27)15-26(3)4/h7-8,14,16,20-22,24H,5-6,9-13,15H2,1-4H3,(H2,28,29,30)/t16-,20-,21+,22+,24-,25+/m1/s1. The zero-order valence-electron chi connectivity index (χ0n) is 20.2. The van der Waals surface area contributed by atoms with Crippen molar-refractivity contribution in [1.29, 1.82) is 0 Å². The van der Waals surface area contributed by atoms with Crippen LogP contribution in [0.3, 0.4) is 0 Å². The second-order valence-corrected chi connectivity index (χ2v) is 12.0. The third kappa shape index (κ3) is 5.02. The topological polar surface area (TPSA) is 96.3 Å². The van der Waals surface area contributed by atoms with Crippen molar-refractivity contribution < 1.29 is 28.4 Å². The fraction of sp³-hybridized carbons (Fsp3) is 0.720. The van der Waals surface area contributed by atoms with E-state index in [9.17, 15) is 19.1 Å². The zero-order valence-corrected chi connectivity index (χ0v) is 21.1. The van der Waals surface area contributed by atoms with Crippen LogP contribution in [0.5, 0.6) is 5.75 Å². The van der Waals surface area contributed by atoms with Crippen molar-refractivity contribution in [1.82, 2.24) is 4.90 Å². The molecule has 2 saturated carbocycles. The van der Waals surface area contributed by atoms with E-state index in [0.717, 1.165) is 50.5 Å².